The number of benzene rings is 3. The lowest BCUT2D eigenvalue weighted by atomic mass is 9.93. The van der Waals surface area contributed by atoms with E-state index in [2.05, 4.69) is 26.3 Å². The van der Waals surface area contributed by atoms with Crippen LogP contribution in [-0.2, 0) is 54.6 Å². The molecule has 7 atom stereocenters. The molecule has 9 N–H and O–H groups in total. The first-order valence-electron chi connectivity index (χ1n) is 21.5. The number of nitrogens with two attached hydrogens (primary N) is 1. The molecule has 0 radical (unpaired) electrons. The number of hydrogen-bond acceptors (Lipinski definition) is 8. The Bertz CT molecular complexity index is 2190. The number of carbonyl (C=O) groups is 6. The number of carbonyl (C=O) groups excluding carboxylic acids is 5. The van der Waals surface area contributed by atoms with Crippen LogP contribution in [0.3, 0.4) is 0 Å². The summed E-state index contributed by atoms with van der Waals surface area (Å²) in [4.78, 5) is 88.5. The van der Waals surface area contributed by atoms with E-state index in [-0.39, 0.29) is 50.4 Å². The van der Waals surface area contributed by atoms with Gasteiger partial charge in [-0.2, -0.15) is 0 Å². The number of nitrogens with one attached hydrogen (secondary N) is 5. The van der Waals surface area contributed by atoms with Crippen LogP contribution in [-0.4, -0.2) is 92.4 Å². The molecule has 332 valence electrons. The molecule has 4 aromatic rings. The zero-order chi connectivity index (χ0) is 45.1. The van der Waals surface area contributed by atoms with E-state index in [1.807, 2.05) is 58.0 Å². The average molecular weight is 852 g/mol. The lowest BCUT2D eigenvalue weighted by Gasteiger charge is -2.33. The van der Waals surface area contributed by atoms with E-state index in [1.54, 1.807) is 43.3 Å². The van der Waals surface area contributed by atoms with E-state index in [4.69, 9.17) is 5.73 Å². The van der Waals surface area contributed by atoms with Gasteiger partial charge in [-0.1, -0.05) is 108 Å². The summed E-state index contributed by atoms with van der Waals surface area (Å²) >= 11 is 0. The highest BCUT2D eigenvalue weighted by atomic mass is 16.4. The normalized spacial score (nSPS) is 16.9. The van der Waals surface area contributed by atoms with Crippen molar-refractivity contribution in [2.45, 2.75) is 110 Å². The van der Waals surface area contributed by atoms with Gasteiger partial charge in [0.2, 0.25) is 29.5 Å². The van der Waals surface area contributed by atoms with E-state index in [9.17, 15) is 39.0 Å². The van der Waals surface area contributed by atoms with E-state index < -0.39 is 77.6 Å². The zero-order valence-electron chi connectivity index (χ0n) is 36.1. The van der Waals surface area contributed by atoms with E-state index in [0.29, 0.717) is 24.1 Å². The molecule has 3 aromatic carbocycles. The van der Waals surface area contributed by atoms with Crippen LogP contribution in [0, 0.1) is 17.8 Å². The van der Waals surface area contributed by atoms with Gasteiger partial charge in [-0.05, 0) is 53.1 Å². The summed E-state index contributed by atoms with van der Waals surface area (Å²) in [6.07, 6.45) is 1.33. The Morgan fingerprint density at radius 2 is 1.44 bits per heavy atom. The molecular weight excluding hydrogens is 791 g/mol. The van der Waals surface area contributed by atoms with E-state index in [0.717, 1.165) is 22.0 Å². The molecule has 5 amide bonds. The van der Waals surface area contributed by atoms with Crippen LogP contribution in [0.2, 0.25) is 0 Å². The van der Waals surface area contributed by atoms with Crippen LogP contribution >= 0.6 is 0 Å². The second-order valence-corrected chi connectivity index (χ2v) is 16.6. The number of rotatable bonds is 20. The van der Waals surface area contributed by atoms with Gasteiger partial charge < -0.3 is 47.1 Å². The number of carboxylic acids is 1. The molecule has 0 aliphatic carbocycles. The maximum absolute atomic E-state index is 14.8. The topological polar surface area (TPSA) is 236 Å². The number of nitrogens with zero attached hydrogens (tertiary/aromatic N) is 1. The molecule has 0 bridgehead atoms. The van der Waals surface area contributed by atoms with Crippen molar-refractivity contribution in [2.75, 3.05) is 6.54 Å². The summed E-state index contributed by atoms with van der Waals surface area (Å²) in [5.41, 5.74) is 9.59. The lowest BCUT2D eigenvalue weighted by molar-refractivity contribution is -0.147. The maximum atomic E-state index is 14.8. The number of aliphatic carboxylic acids is 1. The van der Waals surface area contributed by atoms with Crippen molar-refractivity contribution >= 4 is 46.4 Å². The molecule has 1 aliphatic rings. The zero-order valence-corrected chi connectivity index (χ0v) is 36.1. The Labute approximate surface area is 362 Å². The van der Waals surface area contributed by atoms with Gasteiger partial charge >= 0.3 is 5.97 Å². The van der Waals surface area contributed by atoms with Crippen LogP contribution in [0.1, 0.15) is 76.3 Å². The molecule has 0 saturated carbocycles. The Hall–Kier alpha value is -6.22. The smallest absolute Gasteiger partial charge is 0.326 e. The summed E-state index contributed by atoms with van der Waals surface area (Å²) in [5.74, 6) is -5.12. The van der Waals surface area contributed by atoms with Gasteiger partial charge in [0.1, 0.15) is 36.0 Å². The van der Waals surface area contributed by atoms with Gasteiger partial charge in [0, 0.05) is 42.4 Å². The minimum Gasteiger partial charge on any atom is -0.508 e. The highest BCUT2D eigenvalue weighted by Gasteiger charge is 2.41. The molecule has 5 rings (SSSR count). The summed E-state index contributed by atoms with van der Waals surface area (Å²) in [5, 5.41) is 32.2. The fraction of sp³-hybridized carbons (Fsp3) is 0.447. The number of aromatic amines is 1. The number of aromatic nitrogens is 1. The number of phenols is 1. The number of fused-ring (bicyclic) bond motifs is 3. The van der Waals surface area contributed by atoms with E-state index in [1.165, 1.54) is 17.0 Å². The Kier molecular flexibility index (Phi) is 16.3. The molecular formula is C47H61N7O8. The van der Waals surface area contributed by atoms with Crippen molar-refractivity contribution in [3.63, 3.8) is 0 Å². The van der Waals surface area contributed by atoms with Crippen LogP contribution in [0.25, 0.3) is 10.9 Å². The van der Waals surface area contributed by atoms with Gasteiger partial charge in [0.05, 0.1) is 12.5 Å². The van der Waals surface area contributed by atoms with Gasteiger partial charge in [0.25, 0.3) is 0 Å². The largest absolute Gasteiger partial charge is 0.508 e. The van der Waals surface area contributed by atoms with Crippen molar-refractivity contribution < 1.29 is 39.0 Å². The molecule has 2 heterocycles. The molecule has 0 spiro atoms. The quantitative estimate of drug-likeness (QED) is 0.0646. The molecule has 62 heavy (non-hydrogen) atoms. The maximum Gasteiger partial charge on any atom is 0.326 e. The van der Waals surface area contributed by atoms with Gasteiger partial charge in [-0.3, -0.25) is 24.0 Å². The third-order valence-corrected chi connectivity index (χ3v) is 11.9. The van der Waals surface area contributed by atoms with Crippen molar-refractivity contribution in [1.29, 1.82) is 0 Å². The van der Waals surface area contributed by atoms with Crippen LogP contribution in [0.5, 0.6) is 5.75 Å². The fourth-order valence-electron chi connectivity index (χ4n) is 8.02. The fourth-order valence-corrected chi connectivity index (χ4v) is 8.02. The monoisotopic (exact) mass is 851 g/mol. The number of hydrogen-bond donors (Lipinski definition) is 8. The summed E-state index contributed by atoms with van der Waals surface area (Å²) < 4.78 is 0. The third-order valence-electron chi connectivity index (χ3n) is 11.9. The molecule has 0 unspecified atom stereocenters. The first kappa shape index (κ1) is 46.8. The SMILES string of the molecule is CCC[C@@H](C(=O)N[C@@H](Cc1ccccc1)C(=O)O)N1Cc2[nH]c3ccccc3c2C[C@H](NC(=O)[C@@H](NC(=O)[C@H](Cc2ccc(O)cc2)NC(=O)[C@@H](CN)C(C)C)[C@@H](C)CC)C1=O. The molecule has 0 fully saturated rings. The van der Waals surface area contributed by atoms with Gasteiger partial charge in [-0.15, -0.1) is 0 Å². The second kappa shape index (κ2) is 21.5. The number of aromatic hydroxyl groups is 1. The minimum atomic E-state index is -1.26. The van der Waals surface area contributed by atoms with Crippen LogP contribution < -0.4 is 27.0 Å². The first-order valence-corrected chi connectivity index (χ1v) is 21.5. The number of para-hydroxylation sites is 1. The Morgan fingerprint density at radius 1 is 0.806 bits per heavy atom. The average Bonchev–Trinajstić information content (AvgIpc) is 3.53. The predicted octanol–water partition coefficient (Wildman–Crippen LogP) is 3.71. The van der Waals surface area contributed by atoms with E-state index >= 15 is 0 Å². The van der Waals surface area contributed by atoms with Gasteiger partial charge in [0.15, 0.2) is 0 Å². The highest BCUT2D eigenvalue weighted by molar-refractivity contribution is 5.97. The van der Waals surface area contributed by atoms with Crippen molar-refractivity contribution in [3.05, 3.63) is 101 Å². The Balaban J connectivity index is 1.46. The second-order valence-electron chi connectivity index (χ2n) is 16.6. The van der Waals surface area contributed by atoms with Crippen LogP contribution in [0.15, 0.2) is 78.9 Å². The lowest BCUT2D eigenvalue weighted by Crippen LogP contribution is -2.61. The number of H-pyrrole nitrogens is 1. The van der Waals surface area contributed by atoms with Gasteiger partial charge in [-0.25, -0.2) is 4.79 Å². The minimum absolute atomic E-state index is 0.00589. The van der Waals surface area contributed by atoms with Crippen molar-refractivity contribution in [2.24, 2.45) is 23.5 Å². The third kappa shape index (κ3) is 11.6. The summed E-state index contributed by atoms with van der Waals surface area (Å²) in [7, 11) is 0. The highest BCUT2D eigenvalue weighted by Crippen LogP contribution is 2.30. The molecule has 0 saturated heterocycles. The van der Waals surface area contributed by atoms with Crippen molar-refractivity contribution in [1.82, 2.24) is 31.2 Å². The first-order chi connectivity index (χ1) is 29.6. The standard InChI is InChI=1S/C47H61N7O8/c1-6-13-40(44(58)52-38(47(61)62)23-29-14-9-8-10-15-29)54-26-39-33(32-16-11-12-17-35(32)49-39)24-37(46(54)60)51-45(59)41(28(5)7-2)53-43(57)36(22-30-18-20-31(55)21-19-30)50-42(56)34(25-48)27(3)4/h8-12,14-21,27-28,34,36-38,40-41,49,55H,6-7,13,22-26,48H2,1-5H3,(H,50,56)(H,51,59)(H,52,58)(H,53,57)(H,61,62)/t28-,34-,36-,37-,38-,40-,41-/m0/s1. The Morgan fingerprint density at radius 3 is 2.06 bits per heavy atom. The molecule has 1 aromatic heterocycles. The number of amides is 5. The molecule has 1 aliphatic heterocycles. The number of phenolic OH excluding ortho intramolecular Hbond substituents is 1. The predicted molar refractivity (Wildman–Crippen MR) is 235 cm³/mol. The number of carboxylic acid groups (broad SMARTS) is 1. The molecule has 15 nitrogen and oxygen atoms in total. The van der Waals surface area contributed by atoms with Crippen LogP contribution in [0.4, 0.5) is 0 Å². The molecule has 15 heteroatoms. The van der Waals surface area contributed by atoms with Crippen molar-refractivity contribution in [3.8, 4) is 5.75 Å². The summed E-state index contributed by atoms with van der Waals surface area (Å²) in [6.45, 7) is 9.32. The summed E-state index contributed by atoms with van der Waals surface area (Å²) in [6, 6.07) is 17.0.